The SMILES string of the molecule is O=C(CCCN1CCN(c2ccccc2)CC1)N1CC[C@@H](O)C1. The molecule has 0 spiro atoms. The number of amides is 1. The van der Waals surface area contributed by atoms with Crippen LogP contribution in [-0.4, -0.2) is 72.7 Å². The van der Waals surface area contributed by atoms with Crippen LogP contribution in [0.15, 0.2) is 30.3 Å². The van der Waals surface area contributed by atoms with Crippen molar-refractivity contribution in [3.8, 4) is 0 Å². The third-order valence-electron chi connectivity index (χ3n) is 4.87. The predicted molar refractivity (Wildman–Crippen MR) is 91.5 cm³/mol. The monoisotopic (exact) mass is 317 g/mol. The highest BCUT2D eigenvalue weighted by molar-refractivity contribution is 5.76. The fraction of sp³-hybridized carbons (Fsp3) is 0.611. The van der Waals surface area contributed by atoms with Gasteiger partial charge < -0.3 is 14.9 Å². The Hall–Kier alpha value is -1.59. The van der Waals surface area contributed by atoms with Crippen LogP contribution in [0.5, 0.6) is 0 Å². The molecule has 1 amide bonds. The van der Waals surface area contributed by atoms with Crippen molar-refractivity contribution in [2.45, 2.75) is 25.4 Å². The summed E-state index contributed by atoms with van der Waals surface area (Å²) in [6.07, 6.45) is 1.93. The molecule has 23 heavy (non-hydrogen) atoms. The van der Waals surface area contributed by atoms with Crippen LogP contribution in [0.2, 0.25) is 0 Å². The van der Waals surface area contributed by atoms with E-state index in [1.54, 1.807) is 4.90 Å². The van der Waals surface area contributed by atoms with E-state index in [1.165, 1.54) is 5.69 Å². The molecule has 1 N–H and O–H groups in total. The number of likely N-dealkylation sites (tertiary alicyclic amines) is 1. The highest BCUT2D eigenvalue weighted by atomic mass is 16.3. The third-order valence-corrected chi connectivity index (χ3v) is 4.87. The molecule has 5 nitrogen and oxygen atoms in total. The van der Waals surface area contributed by atoms with E-state index in [9.17, 15) is 9.90 Å². The van der Waals surface area contributed by atoms with E-state index in [4.69, 9.17) is 0 Å². The lowest BCUT2D eigenvalue weighted by atomic mass is 10.2. The maximum Gasteiger partial charge on any atom is 0.222 e. The Morgan fingerprint density at radius 3 is 2.48 bits per heavy atom. The fourth-order valence-electron chi connectivity index (χ4n) is 3.45. The average molecular weight is 317 g/mol. The molecule has 2 aliphatic rings. The van der Waals surface area contributed by atoms with Gasteiger partial charge in [0.25, 0.3) is 0 Å². The van der Waals surface area contributed by atoms with Crippen LogP contribution in [0.25, 0.3) is 0 Å². The second kappa shape index (κ2) is 7.79. The maximum atomic E-state index is 12.1. The summed E-state index contributed by atoms with van der Waals surface area (Å²) in [5, 5.41) is 9.49. The topological polar surface area (TPSA) is 47.0 Å². The van der Waals surface area contributed by atoms with Crippen molar-refractivity contribution >= 4 is 11.6 Å². The lowest BCUT2D eigenvalue weighted by molar-refractivity contribution is -0.130. The fourth-order valence-corrected chi connectivity index (χ4v) is 3.45. The van der Waals surface area contributed by atoms with Crippen molar-refractivity contribution in [3.63, 3.8) is 0 Å². The minimum atomic E-state index is -0.315. The summed E-state index contributed by atoms with van der Waals surface area (Å²) in [7, 11) is 0. The zero-order valence-corrected chi connectivity index (χ0v) is 13.7. The highest BCUT2D eigenvalue weighted by Crippen LogP contribution is 2.16. The normalized spacial score (nSPS) is 22.6. The van der Waals surface area contributed by atoms with E-state index in [0.29, 0.717) is 13.0 Å². The molecule has 0 radical (unpaired) electrons. The Bertz CT molecular complexity index is 500. The van der Waals surface area contributed by atoms with Gasteiger partial charge in [0.2, 0.25) is 5.91 Å². The Kier molecular flexibility index (Phi) is 5.51. The van der Waals surface area contributed by atoms with E-state index in [-0.39, 0.29) is 12.0 Å². The lowest BCUT2D eigenvalue weighted by Gasteiger charge is -2.36. The number of β-amino-alcohol motifs (C(OH)–C–C–N with tert-alkyl or cyclic N) is 1. The van der Waals surface area contributed by atoms with Crippen LogP contribution in [0.1, 0.15) is 19.3 Å². The molecule has 3 rings (SSSR count). The molecule has 0 saturated carbocycles. The summed E-state index contributed by atoms with van der Waals surface area (Å²) in [6, 6.07) is 10.6. The molecule has 126 valence electrons. The quantitative estimate of drug-likeness (QED) is 0.886. The number of anilines is 1. The third kappa shape index (κ3) is 4.45. The van der Waals surface area contributed by atoms with Crippen LogP contribution >= 0.6 is 0 Å². The van der Waals surface area contributed by atoms with Gasteiger partial charge in [0.05, 0.1) is 6.10 Å². The number of hydrogen-bond donors (Lipinski definition) is 1. The first-order chi connectivity index (χ1) is 11.2. The summed E-state index contributed by atoms with van der Waals surface area (Å²) in [4.78, 5) is 18.7. The number of aliphatic hydroxyl groups is 1. The zero-order valence-electron chi connectivity index (χ0n) is 13.7. The largest absolute Gasteiger partial charge is 0.391 e. The van der Waals surface area contributed by atoms with Gasteiger partial charge in [0.15, 0.2) is 0 Å². The van der Waals surface area contributed by atoms with Gasteiger partial charge in [-0.1, -0.05) is 18.2 Å². The van der Waals surface area contributed by atoms with E-state index >= 15 is 0 Å². The molecule has 1 aromatic rings. The first-order valence-electron chi connectivity index (χ1n) is 8.70. The number of hydrogen-bond acceptors (Lipinski definition) is 4. The van der Waals surface area contributed by atoms with E-state index in [1.807, 2.05) is 0 Å². The van der Waals surface area contributed by atoms with Crippen LogP contribution in [-0.2, 0) is 4.79 Å². The summed E-state index contributed by atoms with van der Waals surface area (Å²) in [5.41, 5.74) is 1.30. The van der Waals surface area contributed by atoms with Crippen molar-refractivity contribution in [3.05, 3.63) is 30.3 Å². The Labute approximate surface area is 138 Å². The van der Waals surface area contributed by atoms with Gasteiger partial charge in [-0.05, 0) is 31.5 Å². The van der Waals surface area contributed by atoms with Crippen LogP contribution in [0, 0.1) is 0 Å². The van der Waals surface area contributed by atoms with Gasteiger partial charge in [-0.3, -0.25) is 9.69 Å². The van der Waals surface area contributed by atoms with Crippen LogP contribution in [0.4, 0.5) is 5.69 Å². The van der Waals surface area contributed by atoms with E-state index in [2.05, 4.69) is 40.1 Å². The van der Waals surface area contributed by atoms with Gasteiger partial charge in [-0.15, -0.1) is 0 Å². The molecule has 1 aromatic carbocycles. The van der Waals surface area contributed by atoms with E-state index in [0.717, 1.165) is 52.1 Å². The predicted octanol–water partition coefficient (Wildman–Crippen LogP) is 1.18. The molecule has 0 aliphatic carbocycles. The molecule has 2 heterocycles. The molecule has 0 unspecified atom stereocenters. The molecule has 0 aromatic heterocycles. The Morgan fingerprint density at radius 2 is 1.83 bits per heavy atom. The number of para-hydroxylation sites is 1. The number of nitrogens with zero attached hydrogens (tertiary/aromatic N) is 3. The Morgan fingerprint density at radius 1 is 1.09 bits per heavy atom. The second-order valence-corrected chi connectivity index (χ2v) is 6.55. The van der Waals surface area contributed by atoms with Crippen LogP contribution < -0.4 is 4.90 Å². The molecule has 5 heteroatoms. The summed E-state index contributed by atoms with van der Waals surface area (Å²) in [6.45, 7) is 6.46. The minimum Gasteiger partial charge on any atom is -0.391 e. The second-order valence-electron chi connectivity index (χ2n) is 6.55. The van der Waals surface area contributed by atoms with Gasteiger partial charge in [0.1, 0.15) is 0 Å². The molecular formula is C18H27N3O2. The average Bonchev–Trinajstić information content (AvgIpc) is 3.03. The smallest absolute Gasteiger partial charge is 0.222 e. The molecule has 2 saturated heterocycles. The number of carbonyl (C=O) groups is 1. The van der Waals surface area contributed by atoms with Gasteiger partial charge in [-0.25, -0.2) is 0 Å². The number of benzene rings is 1. The summed E-state index contributed by atoms with van der Waals surface area (Å²) < 4.78 is 0. The highest BCUT2D eigenvalue weighted by Gasteiger charge is 2.24. The van der Waals surface area contributed by atoms with Crippen molar-refractivity contribution in [1.29, 1.82) is 0 Å². The van der Waals surface area contributed by atoms with Crippen molar-refractivity contribution in [2.75, 3.05) is 50.7 Å². The standard InChI is InChI=1S/C18H27N3O2/c22-17-8-10-21(15-17)18(23)7-4-9-19-11-13-20(14-12-19)16-5-2-1-3-6-16/h1-3,5-6,17,22H,4,7-15H2/t17-/m1/s1. The van der Waals surface area contributed by atoms with Crippen molar-refractivity contribution in [1.82, 2.24) is 9.80 Å². The molecule has 1 atom stereocenters. The number of piperazine rings is 1. The van der Waals surface area contributed by atoms with Crippen molar-refractivity contribution < 1.29 is 9.90 Å². The minimum absolute atomic E-state index is 0.199. The molecule has 0 bridgehead atoms. The first-order valence-corrected chi connectivity index (χ1v) is 8.70. The summed E-state index contributed by atoms with van der Waals surface area (Å²) >= 11 is 0. The summed E-state index contributed by atoms with van der Waals surface area (Å²) in [5.74, 6) is 0.199. The van der Waals surface area contributed by atoms with Gasteiger partial charge in [-0.2, -0.15) is 0 Å². The number of rotatable bonds is 5. The van der Waals surface area contributed by atoms with Crippen molar-refractivity contribution in [2.24, 2.45) is 0 Å². The lowest BCUT2D eigenvalue weighted by Crippen LogP contribution is -2.46. The first kappa shape index (κ1) is 16.3. The van der Waals surface area contributed by atoms with Gasteiger partial charge in [0, 0.05) is 51.4 Å². The van der Waals surface area contributed by atoms with Crippen LogP contribution in [0.3, 0.4) is 0 Å². The zero-order chi connectivity index (χ0) is 16.1. The molecule has 2 fully saturated rings. The molecular weight excluding hydrogens is 290 g/mol. The molecule has 2 aliphatic heterocycles. The van der Waals surface area contributed by atoms with E-state index < -0.39 is 0 Å². The maximum absolute atomic E-state index is 12.1. The number of carbonyl (C=O) groups excluding carboxylic acids is 1. The Balaban J connectivity index is 1.34. The number of aliphatic hydroxyl groups excluding tert-OH is 1. The van der Waals surface area contributed by atoms with Gasteiger partial charge >= 0.3 is 0 Å².